The Balaban J connectivity index is 2.68. The van der Waals surface area contributed by atoms with Crippen molar-refractivity contribution in [3.8, 4) is 5.75 Å². The highest BCUT2D eigenvalue weighted by Crippen LogP contribution is 2.58. The minimum atomic E-state index is -6.89. The molecule has 198 valence electrons. The molecule has 1 unspecified atom stereocenters. The van der Waals surface area contributed by atoms with Crippen molar-refractivity contribution in [2.75, 3.05) is 12.4 Å². The van der Waals surface area contributed by atoms with Gasteiger partial charge in [0.25, 0.3) is 5.91 Å². The Kier molecular flexibility index (Phi) is 7.58. The molecule has 2 aromatic carbocycles. The molecule has 0 saturated heterocycles. The van der Waals surface area contributed by atoms with Crippen LogP contribution in [0.5, 0.6) is 5.75 Å². The second-order valence-corrected chi connectivity index (χ2v) is 7.48. The van der Waals surface area contributed by atoms with Crippen LogP contribution in [0.25, 0.3) is 0 Å². The van der Waals surface area contributed by atoms with Crippen molar-refractivity contribution in [3.05, 3.63) is 62.7 Å². The first-order chi connectivity index (χ1) is 16.3. The van der Waals surface area contributed by atoms with Crippen molar-refractivity contribution in [3.63, 3.8) is 0 Å². The van der Waals surface area contributed by atoms with Crippen LogP contribution in [0.15, 0.2) is 30.3 Å². The fourth-order valence-electron chi connectivity index (χ4n) is 3.48. The van der Waals surface area contributed by atoms with E-state index in [4.69, 9.17) is 4.74 Å². The maximum Gasteiger partial charge on any atom is 0.457 e. The average Bonchev–Trinajstić information content (AvgIpc) is 2.76. The molecule has 0 spiro atoms. The maximum absolute atomic E-state index is 14.9. The molecule has 15 heteroatoms. The number of nitrogens with zero attached hydrogens (tertiary/aromatic N) is 1. The van der Waals surface area contributed by atoms with Gasteiger partial charge in [-0.3, -0.25) is 14.9 Å². The number of halogens is 9. The number of alkyl halides is 9. The van der Waals surface area contributed by atoms with E-state index in [0.29, 0.717) is 0 Å². The van der Waals surface area contributed by atoms with Gasteiger partial charge in [0, 0.05) is 17.3 Å². The van der Waals surface area contributed by atoms with E-state index in [9.17, 15) is 54.4 Å². The van der Waals surface area contributed by atoms with E-state index in [1.165, 1.54) is 6.92 Å². The van der Waals surface area contributed by atoms with Crippen molar-refractivity contribution in [2.45, 2.75) is 44.2 Å². The highest BCUT2D eigenvalue weighted by molar-refractivity contribution is 6.07. The number of aryl methyl sites for hydroxylation is 2. The third kappa shape index (κ3) is 4.65. The minimum Gasteiger partial charge on any atom is -0.490 e. The molecule has 0 saturated carbocycles. The van der Waals surface area contributed by atoms with Crippen molar-refractivity contribution < 1.29 is 54.0 Å². The Morgan fingerprint density at radius 3 is 2.06 bits per heavy atom. The molecule has 1 amide bonds. The number of amides is 1. The molecule has 0 heterocycles. The monoisotopic (exact) mass is 532 g/mol. The van der Waals surface area contributed by atoms with Gasteiger partial charge >= 0.3 is 29.6 Å². The fourth-order valence-corrected chi connectivity index (χ4v) is 3.48. The molecule has 2 aromatic rings. The summed E-state index contributed by atoms with van der Waals surface area (Å²) in [6.45, 7) is 2.21. The first kappa shape index (κ1) is 28.7. The quantitative estimate of drug-likeness (QED) is 0.246. The lowest BCUT2D eigenvalue weighted by Gasteiger charge is -2.36. The molecule has 0 aliphatic carbocycles. The van der Waals surface area contributed by atoms with Gasteiger partial charge in [0.1, 0.15) is 0 Å². The van der Waals surface area contributed by atoms with Gasteiger partial charge < -0.3 is 10.1 Å². The molecular formula is C21H17F9N2O4. The molecular weight excluding hydrogens is 515 g/mol. The summed E-state index contributed by atoms with van der Waals surface area (Å²) in [5.41, 5.74) is -10.4. The first-order valence-corrected chi connectivity index (χ1v) is 9.82. The van der Waals surface area contributed by atoms with E-state index >= 15 is 0 Å². The molecule has 36 heavy (non-hydrogen) atoms. The number of methoxy groups -OCH3 is 1. The van der Waals surface area contributed by atoms with Gasteiger partial charge in [-0.15, -0.1) is 0 Å². The zero-order chi connectivity index (χ0) is 27.9. The smallest absolute Gasteiger partial charge is 0.457 e. The van der Waals surface area contributed by atoms with Crippen molar-refractivity contribution in [1.29, 1.82) is 0 Å². The van der Waals surface area contributed by atoms with Gasteiger partial charge in [-0.25, -0.2) is 4.39 Å². The van der Waals surface area contributed by atoms with E-state index in [-0.39, 0.29) is 24.2 Å². The Labute approximate surface area is 197 Å². The van der Waals surface area contributed by atoms with Crippen LogP contribution in [-0.4, -0.2) is 36.2 Å². The van der Waals surface area contributed by atoms with Gasteiger partial charge in [0.15, 0.2) is 0 Å². The van der Waals surface area contributed by atoms with E-state index in [0.717, 1.165) is 32.2 Å². The zero-order valence-electron chi connectivity index (χ0n) is 18.6. The number of hydrogen-bond donors (Lipinski definition) is 1. The molecule has 0 aromatic heterocycles. The van der Waals surface area contributed by atoms with Crippen LogP contribution in [0.4, 0.5) is 50.9 Å². The molecule has 0 fully saturated rings. The number of carbonyl (C=O) groups is 1. The zero-order valence-corrected chi connectivity index (χ0v) is 18.6. The van der Waals surface area contributed by atoms with Crippen LogP contribution >= 0.6 is 0 Å². The Bertz CT molecular complexity index is 1180. The third-order valence-electron chi connectivity index (χ3n) is 5.25. The summed E-state index contributed by atoms with van der Waals surface area (Å²) in [6, 6.07) is 3.53. The van der Waals surface area contributed by atoms with E-state index in [1.54, 1.807) is 0 Å². The number of benzene rings is 2. The number of nitrogens with one attached hydrogen (secondary N) is 1. The number of hydrogen-bond acceptors (Lipinski definition) is 4. The Morgan fingerprint density at radius 2 is 1.61 bits per heavy atom. The normalized spacial score (nSPS) is 14.2. The second kappa shape index (κ2) is 9.50. The minimum absolute atomic E-state index is 0.118. The van der Waals surface area contributed by atoms with Gasteiger partial charge in [0.05, 0.1) is 17.6 Å². The molecule has 1 atom stereocenters. The van der Waals surface area contributed by atoms with E-state index in [1.807, 2.05) is 0 Å². The lowest BCUT2D eigenvalue weighted by Crippen LogP contribution is -2.59. The van der Waals surface area contributed by atoms with Crippen LogP contribution in [0.1, 0.15) is 34.0 Å². The first-order valence-electron chi connectivity index (χ1n) is 9.82. The molecule has 0 aliphatic rings. The molecule has 0 aliphatic heterocycles. The van der Waals surface area contributed by atoms with Crippen molar-refractivity contribution in [1.82, 2.24) is 0 Å². The van der Waals surface area contributed by atoms with Crippen LogP contribution in [0.2, 0.25) is 0 Å². The summed E-state index contributed by atoms with van der Waals surface area (Å²) in [6.07, 6.45) is -13.9. The van der Waals surface area contributed by atoms with Crippen LogP contribution in [0, 0.1) is 17.0 Å². The van der Waals surface area contributed by atoms with Crippen LogP contribution in [0.3, 0.4) is 0 Å². The molecule has 6 nitrogen and oxygen atoms in total. The van der Waals surface area contributed by atoms with E-state index < -0.39 is 68.5 Å². The Hall–Kier alpha value is -3.52. The molecule has 1 N–H and O–H groups in total. The number of rotatable bonds is 7. The van der Waals surface area contributed by atoms with Crippen molar-refractivity contribution in [2.24, 2.45) is 0 Å². The summed E-state index contributed by atoms with van der Waals surface area (Å²) in [5, 5.41) is 13.4. The van der Waals surface area contributed by atoms with Gasteiger partial charge in [0.2, 0.25) is 5.75 Å². The number of para-hydroxylation sites is 1. The summed E-state index contributed by atoms with van der Waals surface area (Å²) in [4.78, 5) is 23.1. The highest BCUT2D eigenvalue weighted by atomic mass is 19.4. The highest BCUT2D eigenvalue weighted by Gasteiger charge is 2.81. The number of nitro groups is 1. The predicted molar refractivity (Wildman–Crippen MR) is 108 cm³/mol. The van der Waals surface area contributed by atoms with Crippen molar-refractivity contribution >= 4 is 17.3 Å². The lowest BCUT2D eigenvalue weighted by molar-refractivity contribution is -0.389. The standard InChI is InChI=1S/C21H17F9N2O4/c1-4-11-9-12(18(22,20(25,26)27)19(23,24)21(28,29)30)8-10(2)15(11)31-17(33)13-6-5-7-14(32(34)35)16(13)36-3/h5-9H,4H2,1-3H3,(H,31,33). The lowest BCUT2D eigenvalue weighted by atomic mass is 9.85. The molecule has 0 bridgehead atoms. The molecule has 2 rings (SSSR count). The summed E-state index contributed by atoms with van der Waals surface area (Å²) in [5.74, 6) is -8.40. The Morgan fingerprint density at radius 1 is 1.03 bits per heavy atom. The maximum atomic E-state index is 14.9. The largest absolute Gasteiger partial charge is 0.490 e. The van der Waals surface area contributed by atoms with Gasteiger partial charge in [-0.1, -0.05) is 19.1 Å². The number of ether oxygens (including phenoxy) is 1. The number of anilines is 1. The summed E-state index contributed by atoms with van der Waals surface area (Å²) < 4.78 is 126. The number of nitro benzene ring substituents is 1. The fraction of sp³-hybridized carbons (Fsp3) is 0.381. The second-order valence-electron chi connectivity index (χ2n) is 7.48. The predicted octanol–water partition coefficient (Wildman–Crippen LogP) is 6.65. The third-order valence-corrected chi connectivity index (χ3v) is 5.25. The molecule has 0 radical (unpaired) electrons. The number of carbonyl (C=O) groups excluding carboxylic acids is 1. The average molecular weight is 532 g/mol. The summed E-state index contributed by atoms with van der Waals surface area (Å²) in [7, 11) is 1.02. The SMILES string of the molecule is CCc1cc(C(F)(C(F)(F)F)C(F)(F)C(F)(F)F)cc(C)c1NC(=O)c1cccc([N+](=O)[O-])c1OC. The van der Waals surface area contributed by atoms with Crippen LogP contribution < -0.4 is 10.1 Å². The summed E-state index contributed by atoms with van der Waals surface area (Å²) >= 11 is 0. The van der Waals surface area contributed by atoms with E-state index in [2.05, 4.69) is 5.32 Å². The topological polar surface area (TPSA) is 81.5 Å². The van der Waals surface area contributed by atoms with Gasteiger partial charge in [-0.2, -0.15) is 35.1 Å². The van der Waals surface area contributed by atoms with Gasteiger partial charge in [-0.05, 0) is 36.6 Å². The van der Waals surface area contributed by atoms with Crippen LogP contribution in [-0.2, 0) is 12.1 Å².